The Hall–Kier alpha value is -1.71. The molecule has 0 aromatic heterocycles. The van der Waals surface area contributed by atoms with E-state index in [2.05, 4.69) is 4.90 Å². The van der Waals surface area contributed by atoms with Crippen LogP contribution in [0.3, 0.4) is 0 Å². The molecule has 92 valence electrons. The average Bonchev–Trinajstić information content (AvgIpc) is 2.28. The van der Waals surface area contributed by atoms with Crippen molar-refractivity contribution in [2.45, 2.75) is 19.3 Å². The fourth-order valence-corrected chi connectivity index (χ4v) is 2.44. The first-order valence-electron chi connectivity index (χ1n) is 5.75. The van der Waals surface area contributed by atoms with Crippen LogP contribution in [0.25, 0.3) is 0 Å². The summed E-state index contributed by atoms with van der Waals surface area (Å²) < 4.78 is 5.40. The van der Waals surface area contributed by atoms with E-state index >= 15 is 0 Å². The first kappa shape index (κ1) is 11.8. The minimum Gasteiger partial charge on any atom is -0.496 e. The lowest BCUT2D eigenvalue weighted by molar-refractivity contribution is -0.136. The van der Waals surface area contributed by atoms with Gasteiger partial charge in [-0.15, -0.1) is 0 Å². The summed E-state index contributed by atoms with van der Waals surface area (Å²) in [4.78, 5) is 13.0. The highest BCUT2D eigenvalue weighted by molar-refractivity contribution is 5.73. The van der Waals surface area contributed by atoms with Gasteiger partial charge in [-0.3, -0.25) is 4.79 Å². The molecule has 0 unspecified atom stereocenters. The maximum atomic E-state index is 10.8. The third-order valence-corrected chi connectivity index (χ3v) is 3.19. The second-order valence-corrected chi connectivity index (χ2v) is 4.35. The fraction of sp³-hybridized carbons (Fsp3) is 0.462. The zero-order chi connectivity index (χ0) is 12.4. The van der Waals surface area contributed by atoms with Crippen molar-refractivity contribution in [3.8, 4) is 5.75 Å². The lowest BCUT2D eigenvalue weighted by Gasteiger charge is -2.29. The van der Waals surface area contributed by atoms with E-state index in [0.717, 1.165) is 42.0 Å². The number of benzene rings is 1. The van der Waals surface area contributed by atoms with Gasteiger partial charge < -0.3 is 14.7 Å². The van der Waals surface area contributed by atoms with Crippen LogP contribution in [-0.4, -0.2) is 31.8 Å². The van der Waals surface area contributed by atoms with Gasteiger partial charge in [0.05, 0.1) is 13.5 Å². The molecule has 0 saturated carbocycles. The normalized spacial score (nSPS) is 14.4. The molecule has 0 saturated heterocycles. The Balaban J connectivity index is 2.47. The van der Waals surface area contributed by atoms with Crippen molar-refractivity contribution in [3.05, 3.63) is 23.3 Å². The van der Waals surface area contributed by atoms with E-state index < -0.39 is 5.97 Å². The van der Waals surface area contributed by atoms with Gasteiger partial charge in [0.2, 0.25) is 0 Å². The lowest BCUT2D eigenvalue weighted by atomic mass is 9.97. The number of nitrogens with zero attached hydrogens (tertiary/aromatic N) is 1. The van der Waals surface area contributed by atoms with Crippen molar-refractivity contribution >= 4 is 11.7 Å². The number of carboxylic acid groups (broad SMARTS) is 1. The number of fused-ring (bicyclic) bond motifs is 1. The number of methoxy groups -OCH3 is 1. The van der Waals surface area contributed by atoms with Crippen molar-refractivity contribution in [1.82, 2.24) is 0 Å². The van der Waals surface area contributed by atoms with Gasteiger partial charge in [0.15, 0.2) is 0 Å². The minimum absolute atomic E-state index is 0.0141. The molecule has 1 aliphatic rings. The predicted molar refractivity (Wildman–Crippen MR) is 65.9 cm³/mol. The van der Waals surface area contributed by atoms with Gasteiger partial charge in [-0.1, -0.05) is 6.07 Å². The van der Waals surface area contributed by atoms with E-state index in [9.17, 15) is 4.79 Å². The predicted octanol–water partition coefficient (Wildman–Crippen LogP) is 1.70. The average molecular weight is 235 g/mol. The van der Waals surface area contributed by atoms with Crippen molar-refractivity contribution in [3.63, 3.8) is 0 Å². The van der Waals surface area contributed by atoms with Crippen molar-refractivity contribution in [2.24, 2.45) is 0 Å². The van der Waals surface area contributed by atoms with Crippen molar-refractivity contribution in [1.29, 1.82) is 0 Å². The molecule has 4 heteroatoms. The molecule has 1 aromatic carbocycles. The molecule has 0 radical (unpaired) electrons. The molecule has 0 atom stereocenters. The van der Waals surface area contributed by atoms with Crippen LogP contribution in [0.1, 0.15) is 17.5 Å². The van der Waals surface area contributed by atoms with Gasteiger partial charge in [0.1, 0.15) is 5.75 Å². The topological polar surface area (TPSA) is 49.8 Å². The molecule has 2 rings (SSSR count). The van der Waals surface area contributed by atoms with Gasteiger partial charge in [-0.25, -0.2) is 0 Å². The largest absolute Gasteiger partial charge is 0.496 e. The smallest absolute Gasteiger partial charge is 0.307 e. The molecule has 0 aliphatic carbocycles. The van der Waals surface area contributed by atoms with Gasteiger partial charge >= 0.3 is 5.97 Å². The first-order chi connectivity index (χ1) is 8.13. The van der Waals surface area contributed by atoms with E-state index in [1.54, 1.807) is 7.11 Å². The summed E-state index contributed by atoms with van der Waals surface area (Å²) >= 11 is 0. The van der Waals surface area contributed by atoms with Gasteiger partial charge in [-0.05, 0) is 18.9 Å². The highest BCUT2D eigenvalue weighted by Crippen LogP contribution is 2.36. The summed E-state index contributed by atoms with van der Waals surface area (Å²) in [7, 11) is 3.66. The molecule has 1 N–H and O–H groups in total. The van der Waals surface area contributed by atoms with Gasteiger partial charge in [0.25, 0.3) is 0 Å². The van der Waals surface area contributed by atoms with Gasteiger partial charge in [-0.2, -0.15) is 0 Å². The van der Waals surface area contributed by atoms with Crippen molar-refractivity contribution in [2.75, 3.05) is 25.6 Å². The maximum absolute atomic E-state index is 10.8. The van der Waals surface area contributed by atoms with E-state index in [1.165, 1.54) is 0 Å². The van der Waals surface area contributed by atoms with Crippen LogP contribution in [-0.2, 0) is 17.6 Å². The Morgan fingerprint density at radius 1 is 1.53 bits per heavy atom. The Labute approximate surface area is 101 Å². The quantitative estimate of drug-likeness (QED) is 0.866. The highest BCUT2D eigenvalue weighted by atomic mass is 16.5. The molecule has 17 heavy (non-hydrogen) atoms. The molecule has 0 spiro atoms. The van der Waals surface area contributed by atoms with Crippen LogP contribution in [0.15, 0.2) is 12.1 Å². The summed E-state index contributed by atoms with van der Waals surface area (Å²) in [5, 5.41) is 8.88. The Kier molecular flexibility index (Phi) is 3.22. The summed E-state index contributed by atoms with van der Waals surface area (Å²) in [5.74, 6) is -0.0798. The molecule has 1 aromatic rings. The maximum Gasteiger partial charge on any atom is 0.307 e. The minimum atomic E-state index is -0.826. The van der Waals surface area contributed by atoms with Crippen LogP contribution >= 0.6 is 0 Å². The monoisotopic (exact) mass is 235 g/mol. The van der Waals surface area contributed by atoms with Crippen molar-refractivity contribution < 1.29 is 14.6 Å². The van der Waals surface area contributed by atoms with E-state index in [4.69, 9.17) is 9.84 Å². The van der Waals surface area contributed by atoms with Crippen LogP contribution in [0.5, 0.6) is 5.75 Å². The standard InChI is InChI=1S/C13H17NO3/c1-14-7-3-4-10-11(14)6-5-9(8-12(15)16)13(10)17-2/h5-6H,3-4,7-8H2,1-2H3,(H,15,16). The zero-order valence-electron chi connectivity index (χ0n) is 10.2. The van der Waals surface area contributed by atoms with Crippen LogP contribution in [0.2, 0.25) is 0 Å². The molecule has 1 heterocycles. The molecule has 1 aliphatic heterocycles. The Bertz CT molecular complexity index is 443. The second-order valence-electron chi connectivity index (χ2n) is 4.35. The SMILES string of the molecule is COc1c(CC(=O)O)ccc2c1CCCN2C. The number of hydrogen-bond acceptors (Lipinski definition) is 3. The lowest BCUT2D eigenvalue weighted by Crippen LogP contribution is -2.25. The van der Waals surface area contributed by atoms with E-state index in [-0.39, 0.29) is 6.42 Å². The molecular weight excluding hydrogens is 218 g/mol. The number of carbonyl (C=O) groups is 1. The zero-order valence-corrected chi connectivity index (χ0v) is 10.2. The Morgan fingerprint density at radius 3 is 2.94 bits per heavy atom. The summed E-state index contributed by atoms with van der Waals surface area (Å²) in [6.45, 7) is 1.04. The third-order valence-electron chi connectivity index (χ3n) is 3.19. The third kappa shape index (κ3) is 2.20. The summed E-state index contributed by atoms with van der Waals surface area (Å²) in [6, 6.07) is 3.85. The number of carboxylic acids is 1. The number of aliphatic carboxylic acids is 1. The molecule has 4 nitrogen and oxygen atoms in total. The Morgan fingerprint density at radius 2 is 2.29 bits per heavy atom. The second kappa shape index (κ2) is 4.65. The number of hydrogen-bond donors (Lipinski definition) is 1. The first-order valence-corrected chi connectivity index (χ1v) is 5.75. The van der Waals surface area contributed by atoms with E-state index in [0.29, 0.717) is 0 Å². The molecule has 0 fully saturated rings. The van der Waals surface area contributed by atoms with Crippen LogP contribution in [0.4, 0.5) is 5.69 Å². The number of rotatable bonds is 3. The molecule has 0 bridgehead atoms. The highest BCUT2D eigenvalue weighted by Gasteiger charge is 2.20. The number of anilines is 1. The summed E-state index contributed by atoms with van der Waals surface area (Å²) in [6.07, 6.45) is 2.05. The fourth-order valence-electron chi connectivity index (χ4n) is 2.44. The number of ether oxygens (including phenoxy) is 1. The van der Waals surface area contributed by atoms with Crippen LogP contribution in [0, 0.1) is 0 Å². The molecule has 0 amide bonds. The van der Waals surface area contributed by atoms with Crippen LogP contribution < -0.4 is 9.64 Å². The summed E-state index contributed by atoms with van der Waals surface area (Å²) in [5.41, 5.74) is 3.05. The van der Waals surface area contributed by atoms with Gasteiger partial charge in [0, 0.05) is 30.4 Å². The molecular formula is C13H17NO3. The van der Waals surface area contributed by atoms with E-state index in [1.807, 2.05) is 19.2 Å².